The molecule has 3 heteroatoms. The normalized spacial score (nSPS) is 26.1. The molecule has 1 N–H and O–H groups in total. The summed E-state index contributed by atoms with van der Waals surface area (Å²) >= 11 is 0. The molecule has 0 aromatic heterocycles. The Morgan fingerprint density at radius 1 is 1.30 bits per heavy atom. The van der Waals surface area contributed by atoms with Crippen molar-refractivity contribution in [3.8, 4) is 0 Å². The van der Waals surface area contributed by atoms with E-state index in [2.05, 4.69) is 48.3 Å². The molecule has 1 heterocycles. The van der Waals surface area contributed by atoms with Crippen LogP contribution in [0.15, 0.2) is 24.3 Å². The van der Waals surface area contributed by atoms with Gasteiger partial charge in [-0.05, 0) is 30.9 Å². The second-order valence-electron chi connectivity index (χ2n) is 6.27. The molecule has 2 fully saturated rings. The lowest BCUT2D eigenvalue weighted by Gasteiger charge is -2.40. The van der Waals surface area contributed by atoms with E-state index >= 15 is 0 Å². The number of nitrogens with zero attached hydrogens (tertiary/aromatic N) is 1. The summed E-state index contributed by atoms with van der Waals surface area (Å²) in [6.45, 7) is 7.24. The molecule has 1 aliphatic carbocycles. The largest absolute Gasteiger partial charge is 0.374 e. The van der Waals surface area contributed by atoms with Crippen LogP contribution in [0.25, 0.3) is 0 Å². The summed E-state index contributed by atoms with van der Waals surface area (Å²) in [6.07, 6.45) is 4.26. The maximum Gasteiger partial charge on any atom is 0.0779 e. The minimum atomic E-state index is 0.454. The fourth-order valence-corrected chi connectivity index (χ4v) is 3.48. The van der Waals surface area contributed by atoms with Crippen molar-refractivity contribution in [1.82, 2.24) is 5.32 Å². The zero-order valence-corrected chi connectivity index (χ0v) is 12.6. The first-order valence-corrected chi connectivity index (χ1v) is 7.95. The molecule has 1 saturated heterocycles. The Bertz CT molecular complexity index is 446. The summed E-state index contributed by atoms with van der Waals surface area (Å²) in [5, 5.41) is 3.54. The van der Waals surface area contributed by atoms with E-state index in [0.29, 0.717) is 18.2 Å². The molecule has 1 aromatic rings. The molecule has 2 aliphatic rings. The van der Waals surface area contributed by atoms with Crippen LogP contribution in [0.5, 0.6) is 0 Å². The van der Waals surface area contributed by atoms with Crippen LogP contribution in [0.2, 0.25) is 0 Å². The molecule has 0 amide bonds. The molecule has 2 atom stereocenters. The predicted molar refractivity (Wildman–Crippen MR) is 83.1 cm³/mol. The predicted octanol–water partition coefficient (Wildman–Crippen LogP) is 2.94. The van der Waals surface area contributed by atoms with Gasteiger partial charge in [-0.2, -0.15) is 0 Å². The maximum atomic E-state index is 5.93. The van der Waals surface area contributed by atoms with Gasteiger partial charge in [-0.3, -0.25) is 0 Å². The van der Waals surface area contributed by atoms with Crippen LogP contribution in [0, 0.1) is 0 Å². The molecule has 3 nitrogen and oxygen atoms in total. The van der Waals surface area contributed by atoms with Gasteiger partial charge in [0.05, 0.1) is 18.8 Å². The lowest BCUT2D eigenvalue weighted by molar-refractivity contribution is 0.0255. The first-order chi connectivity index (χ1) is 9.75. The summed E-state index contributed by atoms with van der Waals surface area (Å²) in [5.41, 5.74) is 2.81. The first kappa shape index (κ1) is 13.9. The van der Waals surface area contributed by atoms with Gasteiger partial charge >= 0.3 is 0 Å². The van der Waals surface area contributed by atoms with Crippen molar-refractivity contribution in [3.05, 3.63) is 29.8 Å². The van der Waals surface area contributed by atoms with Gasteiger partial charge in [0.25, 0.3) is 0 Å². The molecule has 110 valence electrons. The number of anilines is 1. The Labute approximate surface area is 122 Å². The van der Waals surface area contributed by atoms with Crippen molar-refractivity contribution in [1.29, 1.82) is 0 Å². The Hall–Kier alpha value is -1.06. The van der Waals surface area contributed by atoms with Gasteiger partial charge in [0, 0.05) is 24.8 Å². The van der Waals surface area contributed by atoms with Crippen LogP contribution in [-0.2, 0) is 11.3 Å². The van der Waals surface area contributed by atoms with Gasteiger partial charge in [0.2, 0.25) is 0 Å². The highest BCUT2D eigenvalue weighted by molar-refractivity contribution is 5.55. The number of fused-ring (bicyclic) bond motifs is 1. The lowest BCUT2D eigenvalue weighted by atomic mass is 10.1. The Morgan fingerprint density at radius 2 is 2.15 bits per heavy atom. The van der Waals surface area contributed by atoms with E-state index in [1.165, 1.54) is 30.5 Å². The molecule has 0 spiro atoms. The van der Waals surface area contributed by atoms with Crippen molar-refractivity contribution >= 4 is 5.69 Å². The van der Waals surface area contributed by atoms with Crippen LogP contribution in [0.3, 0.4) is 0 Å². The zero-order valence-electron chi connectivity index (χ0n) is 12.6. The minimum absolute atomic E-state index is 0.454. The van der Waals surface area contributed by atoms with Crippen molar-refractivity contribution in [2.75, 3.05) is 18.1 Å². The monoisotopic (exact) mass is 274 g/mol. The van der Waals surface area contributed by atoms with Gasteiger partial charge in [-0.25, -0.2) is 0 Å². The Morgan fingerprint density at radius 3 is 3.00 bits per heavy atom. The SMILES string of the molecule is CC(C)NCc1ccccc1N1CCOC2CCCC21. The number of nitrogens with one attached hydrogen (secondary N) is 1. The van der Waals surface area contributed by atoms with Crippen LogP contribution in [0.4, 0.5) is 5.69 Å². The number of morpholine rings is 1. The third-order valence-corrected chi connectivity index (χ3v) is 4.48. The smallest absolute Gasteiger partial charge is 0.0779 e. The highest BCUT2D eigenvalue weighted by Gasteiger charge is 2.36. The van der Waals surface area contributed by atoms with Crippen LogP contribution in [0.1, 0.15) is 38.7 Å². The number of benzene rings is 1. The number of para-hydroxylation sites is 1. The van der Waals surface area contributed by atoms with E-state index in [1.54, 1.807) is 0 Å². The van der Waals surface area contributed by atoms with Crippen molar-refractivity contribution < 1.29 is 4.74 Å². The maximum absolute atomic E-state index is 5.93. The molecular formula is C17H26N2O. The zero-order chi connectivity index (χ0) is 13.9. The molecule has 3 rings (SSSR count). The average Bonchev–Trinajstić information content (AvgIpc) is 2.93. The minimum Gasteiger partial charge on any atom is -0.374 e. The molecule has 0 bridgehead atoms. The first-order valence-electron chi connectivity index (χ1n) is 7.95. The van der Waals surface area contributed by atoms with E-state index < -0.39 is 0 Å². The van der Waals surface area contributed by atoms with Crippen LogP contribution >= 0.6 is 0 Å². The summed E-state index contributed by atoms with van der Waals surface area (Å²) < 4.78 is 5.93. The van der Waals surface area contributed by atoms with E-state index in [4.69, 9.17) is 4.74 Å². The molecule has 1 aliphatic heterocycles. The van der Waals surface area contributed by atoms with E-state index in [0.717, 1.165) is 19.7 Å². The Kier molecular flexibility index (Phi) is 4.27. The summed E-state index contributed by atoms with van der Waals surface area (Å²) in [4.78, 5) is 2.60. The number of hydrogen-bond donors (Lipinski definition) is 1. The van der Waals surface area contributed by atoms with Gasteiger partial charge in [0.15, 0.2) is 0 Å². The molecule has 1 aromatic carbocycles. The van der Waals surface area contributed by atoms with Crippen molar-refractivity contribution in [2.24, 2.45) is 0 Å². The third kappa shape index (κ3) is 2.84. The topological polar surface area (TPSA) is 24.5 Å². The molecule has 1 saturated carbocycles. The summed E-state index contributed by atoms with van der Waals surface area (Å²) in [5.74, 6) is 0. The highest BCUT2D eigenvalue weighted by Crippen LogP contribution is 2.34. The fraction of sp³-hybridized carbons (Fsp3) is 0.647. The van der Waals surface area contributed by atoms with Crippen LogP contribution < -0.4 is 10.2 Å². The second-order valence-corrected chi connectivity index (χ2v) is 6.27. The van der Waals surface area contributed by atoms with Gasteiger partial charge < -0.3 is 15.0 Å². The van der Waals surface area contributed by atoms with Crippen molar-refractivity contribution in [2.45, 2.75) is 57.8 Å². The molecular weight excluding hydrogens is 248 g/mol. The number of hydrogen-bond acceptors (Lipinski definition) is 3. The van der Waals surface area contributed by atoms with E-state index in [9.17, 15) is 0 Å². The van der Waals surface area contributed by atoms with Crippen LogP contribution in [-0.4, -0.2) is 31.3 Å². The standard InChI is InChI=1S/C17H26N2O/c1-13(2)18-12-14-6-3-4-7-15(14)19-10-11-20-17-9-5-8-16(17)19/h3-4,6-7,13,16-18H,5,8-12H2,1-2H3. The molecule has 20 heavy (non-hydrogen) atoms. The van der Waals surface area contributed by atoms with Crippen molar-refractivity contribution in [3.63, 3.8) is 0 Å². The third-order valence-electron chi connectivity index (χ3n) is 4.48. The number of rotatable bonds is 4. The quantitative estimate of drug-likeness (QED) is 0.913. The van der Waals surface area contributed by atoms with Gasteiger partial charge in [0.1, 0.15) is 0 Å². The van der Waals surface area contributed by atoms with E-state index in [1.807, 2.05) is 0 Å². The summed E-state index contributed by atoms with van der Waals surface area (Å²) in [7, 11) is 0. The van der Waals surface area contributed by atoms with E-state index in [-0.39, 0.29) is 0 Å². The lowest BCUT2D eigenvalue weighted by Crippen LogP contribution is -2.49. The highest BCUT2D eigenvalue weighted by atomic mass is 16.5. The number of ether oxygens (including phenoxy) is 1. The van der Waals surface area contributed by atoms with Gasteiger partial charge in [-0.15, -0.1) is 0 Å². The average molecular weight is 274 g/mol. The fourth-order valence-electron chi connectivity index (χ4n) is 3.48. The Balaban J connectivity index is 1.81. The van der Waals surface area contributed by atoms with Gasteiger partial charge in [-0.1, -0.05) is 32.0 Å². The molecule has 0 radical (unpaired) electrons. The second kappa shape index (κ2) is 6.15. The molecule has 2 unspecified atom stereocenters. The summed E-state index contributed by atoms with van der Waals surface area (Å²) in [6, 6.07) is 9.94.